The lowest BCUT2D eigenvalue weighted by Gasteiger charge is -2.35. The molecule has 0 radical (unpaired) electrons. The zero-order valence-electron chi connectivity index (χ0n) is 9.19. The Hall–Kier alpha value is -0.870. The molecule has 0 bridgehead atoms. The molecule has 88 valence electrons. The second-order valence-electron chi connectivity index (χ2n) is 4.30. The quantitative estimate of drug-likeness (QED) is 0.660. The smallest absolute Gasteiger partial charge is 0.0931 e. The first-order chi connectivity index (χ1) is 8.29. The lowest BCUT2D eigenvalue weighted by Crippen LogP contribution is -2.36. The summed E-state index contributed by atoms with van der Waals surface area (Å²) in [4.78, 5) is 1.21. The number of benzene rings is 1. The standard InChI is InChI=1S/C13H13ClN2S/c14-12-6-5-11(17-12)13(16-15)10-7-8-3-1-2-4-9(8)10/h1-6,10,13,16H,7,15H2. The van der Waals surface area contributed by atoms with Gasteiger partial charge in [-0.25, -0.2) is 0 Å². The molecule has 1 aromatic carbocycles. The molecule has 2 unspecified atom stereocenters. The van der Waals surface area contributed by atoms with E-state index >= 15 is 0 Å². The van der Waals surface area contributed by atoms with Gasteiger partial charge in [-0.2, -0.15) is 0 Å². The van der Waals surface area contributed by atoms with E-state index in [1.54, 1.807) is 11.3 Å². The van der Waals surface area contributed by atoms with E-state index in [4.69, 9.17) is 17.4 Å². The molecule has 2 nitrogen and oxygen atoms in total. The second-order valence-corrected chi connectivity index (χ2v) is 6.04. The molecule has 0 saturated heterocycles. The van der Waals surface area contributed by atoms with Gasteiger partial charge in [0.25, 0.3) is 0 Å². The van der Waals surface area contributed by atoms with Crippen molar-refractivity contribution in [2.45, 2.75) is 18.4 Å². The molecule has 0 amide bonds. The molecular weight excluding hydrogens is 252 g/mol. The van der Waals surface area contributed by atoms with E-state index in [0.29, 0.717) is 5.92 Å². The van der Waals surface area contributed by atoms with Crippen LogP contribution in [0.3, 0.4) is 0 Å². The zero-order chi connectivity index (χ0) is 11.8. The summed E-state index contributed by atoms with van der Waals surface area (Å²) < 4.78 is 0.813. The molecule has 4 heteroatoms. The lowest BCUT2D eigenvalue weighted by atomic mass is 9.73. The van der Waals surface area contributed by atoms with E-state index in [9.17, 15) is 0 Å². The van der Waals surface area contributed by atoms with Crippen molar-refractivity contribution in [2.75, 3.05) is 0 Å². The Bertz CT molecular complexity index is 538. The molecule has 0 fully saturated rings. The van der Waals surface area contributed by atoms with Gasteiger partial charge in [0.15, 0.2) is 0 Å². The minimum Gasteiger partial charge on any atom is -0.271 e. The van der Waals surface area contributed by atoms with Crippen LogP contribution in [0.25, 0.3) is 0 Å². The summed E-state index contributed by atoms with van der Waals surface area (Å²) in [5.74, 6) is 6.16. The first-order valence-electron chi connectivity index (χ1n) is 5.59. The van der Waals surface area contributed by atoms with Crippen molar-refractivity contribution in [2.24, 2.45) is 5.84 Å². The third-order valence-corrected chi connectivity index (χ3v) is 4.69. The van der Waals surface area contributed by atoms with Gasteiger partial charge in [-0.3, -0.25) is 11.3 Å². The summed E-state index contributed by atoms with van der Waals surface area (Å²) in [6.45, 7) is 0. The maximum atomic E-state index is 5.98. The van der Waals surface area contributed by atoms with E-state index in [0.717, 1.165) is 10.8 Å². The average Bonchev–Trinajstić information content (AvgIpc) is 2.72. The van der Waals surface area contributed by atoms with Crippen LogP contribution in [-0.2, 0) is 6.42 Å². The Balaban J connectivity index is 1.90. The van der Waals surface area contributed by atoms with E-state index < -0.39 is 0 Å². The summed E-state index contributed by atoms with van der Waals surface area (Å²) in [5.41, 5.74) is 5.76. The van der Waals surface area contributed by atoms with Gasteiger partial charge < -0.3 is 0 Å². The van der Waals surface area contributed by atoms with Crippen molar-refractivity contribution in [3.05, 3.63) is 56.7 Å². The van der Waals surface area contributed by atoms with Gasteiger partial charge >= 0.3 is 0 Å². The first kappa shape index (κ1) is 11.2. The van der Waals surface area contributed by atoms with Crippen molar-refractivity contribution in [3.63, 3.8) is 0 Å². The third-order valence-electron chi connectivity index (χ3n) is 3.38. The minimum absolute atomic E-state index is 0.169. The van der Waals surface area contributed by atoms with Crippen LogP contribution in [0.4, 0.5) is 0 Å². The van der Waals surface area contributed by atoms with E-state index in [-0.39, 0.29) is 6.04 Å². The van der Waals surface area contributed by atoms with Crippen LogP contribution in [0, 0.1) is 0 Å². The Kier molecular flexibility index (Phi) is 2.92. The van der Waals surface area contributed by atoms with Crippen LogP contribution < -0.4 is 11.3 Å². The fourth-order valence-corrected chi connectivity index (χ4v) is 3.67. The molecule has 1 aliphatic rings. The number of nitrogens with one attached hydrogen (secondary N) is 1. The highest BCUT2D eigenvalue weighted by molar-refractivity contribution is 7.16. The average molecular weight is 265 g/mol. The number of nitrogens with two attached hydrogens (primary N) is 1. The van der Waals surface area contributed by atoms with Gasteiger partial charge in [-0.1, -0.05) is 35.9 Å². The molecule has 1 aromatic heterocycles. The SMILES string of the molecule is NNC(c1ccc(Cl)s1)C1Cc2ccccc21. The minimum atomic E-state index is 0.169. The summed E-state index contributed by atoms with van der Waals surface area (Å²) >= 11 is 7.57. The van der Waals surface area contributed by atoms with Crippen molar-refractivity contribution in [1.82, 2.24) is 5.43 Å². The van der Waals surface area contributed by atoms with Crippen LogP contribution in [-0.4, -0.2) is 0 Å². The van der Waals surface area contributed by atoms with Crippen molar-refractivity contribution < 1.29 is 0 Å². The van der Waals surface area contributed by atoms with Crippen LogP contribution in [0.15, 0.2) is 36.4 Å². The van der Waals surface area contributed by atoms with Gasteiger partial charge in [-0.05, 0) is 29.7 Å². The van der Waals surface area contributed by atoms with Crippen molar-refractivity contribution in [3.8, 4) is 0 Å². The molecular formula is C13H13ClN2S. The van der Waals surface area contributed by atoms with Crippen molar-refractivity contribution in [1.29, 1.82) is 0 Å². The Morgan fingerprint density at radius 2 is 2.12 bits per heavy atom. The Labute approximate surface area is 109 Å². The maximum absolute atomic E-state index is 5.98. The van der Waals surface area contributed by atoms with E-state index in [2.05, 4.69) is 35.8 Å². The predicted molar refractivity (Wildman–Crippen MR) is 72.3 cm³/mol. The Morgan fingerprint density at radius 3 is 2.76 bits per heavy atom. The van der Waals surface area contributed by atoms with Crippen LogP contribution in [0.5, 0.6) is 0 Å². The van der Waals surface area contributed by atoms with E-state index in [1.807, 2.05) is 6.07 Å². The number of thiophene rings is 1. The fourth-order valence-electron chi connectivity index (χ4n) is 2.49. The number of hydrazine groups is 1. The monoisotopic (exact) mass is 264 g/mol. The highest BCUT2D eigenvalue weighted by Crippen LogP contribution is 2.44. The number of fused-ring (bicyclic) bond motifs is 1. The lowest BCUT2D eigenvalue weighted by molar-refractivity contribution is 0.425. The summed E-state index contributed by atoms with van der Waals surface area (Å²) in [7, 11) is 0. The normalized spacial score (nSPS) is 19.5. The molecule has 2 aromatic rings. The summed E-state index contributed by atoms with van der Waals surface area (Å²) in [6.07, 6.45) is 1.08. The molecule has 1 aliphatic carbocycles. The zero-order valence-corrected chi connectivity index (χ0v) is 10.8. The molecule has 3 rings (SSSR count). The first-order valence-corrected chi connectivity index (χ1v) is 6.78. The third kappa shape index (κ3) is 1.89. The highest BCUT2D eigenvalue weighted by Gasteiger charge is 2.33. The number of hydrogen-bond donors (Lipinski definition) is 2. The van der Waals surface area contributed by atoms with Crippen LogP contribution in [0.1, 0.15) is 28.0 Å². The number of halogens is 1. The molecule has 1 heterocycles. The molecule has 3 N–H and O–H groups in total. The van der Waals surface area contributed by atoms with Gasteiger partial charge in [0, 0.05) is 10.8 Å². The van der Waals surface area contributed by atoms with Crippen molar-refractivity contribution >= 4 is 22.9 Å². The summed E-state index contributed by atoms with van der Waals surface area (Å²) in [5, 5.41) is 0. The molecule has 2 atom stereocenters. The highest BCUT2D eigenvalue weighted by atomic mass is 35.5. The van der Waals surface area contributed by atoms with Gasteiger partial charge in [0.1, 0.15) is 0 Å². The predicted octanol–water partition coefficient (Wildman–Crippen LogP) is 3.25. The van der Waals surface area contributed by atoms with Crippen LogP contribution >= 0.6 is 22.9 Å². The molecule has 0 spiro atoms. The van der Waals surface area contributed by atoms with Crippen LogP contribution in [0.2, 0.25) is 4.34 Å². The fraction of sp³-hybridized carbons (Fsp3) is 0.231. The number of hydrogen-bond acceptors (Lipinski definition) is 3. The molecule has 0 aliphatic heterocycles. The summed E-state index contributed by atoms with van der Waals surface area (Å²) in [6, 6.07) is 12.7. The topological polar surface area (TPSA) is 38.0 Å². The van der Waals surface area contributed by atoms with Gasteiger partial charge in [-0.15, -0.1) is 11.3 Å². The van der Waals surface area contributed by atoms with Gasteiger partial charge in [0.05, 0.1) is 10.4 Å². The van der Waals surface area contributed by atoms with Gasteiger partial charge in [0.2, 0.25) is 0 Å². The Morgan fingerprint density at radius 1 is 1.29 bits per heavy atom. The largest absolute Gasteiger partial charge is 0.271 e. The number of rotatable bonds is 3. The van der Waals surface area contributed by atoms with E-state index in [1.165, 1.54) is 16.0 Å². The maximum Gasteiger partial charge on any atom is 0.0931 e. The second kappa shape index (κ2) is 4.42. The molecule has 17 heavy (non-hydrogen) atoms. The molecule has 0 saturated carbocycles.